The number of esters is 1. The molecule has 0 aliphatic carbocycles. The van der Waals surface area contributed by atoms with Gasteiger partial charge >= 0.3 is 5.97 Å². The van der Waals surface area contributed by atoms with Gasteiger partial charge in [0.15, 0.2) is 0 Å². The molecule has 1 atom stereocenters. The lowest BCUT2D eigenvalue weighted by Gasteiger charge is -2.36. The van der Waals surface area contributed by atoms with Crippen LogP contribution in [-0.4, -0.2) is 61.5 Å². The Kier molecular flexibility index (Phi) is 4.39. The van der Waals surface area contributed by atoms with Gasteiger partial charge in [-0.1, -0.05) is 18.2 Å². The molecule has 0 saturated carbocycles. The van der Waals surface area contributed by atoms with Gasteiger partial charge in [-0.15, -0.1) is 0 Å². The SMILES string of the molecule is CN(C)CC1CC2(CCN(C(=O)c3ccccc3)CC2)C(=O)O1. The summed E-state index contributed by atoms with van der Waals surface area (Å²) in [4.78, 5) is 28.7. The summed E-state index contributed by atoms with van der Waals surface area (Å²) >= 11 is 0. The third kappa shape index (κ3) is 3.24. The fourth-order valence-electron chi connectivity index (χ4n) is 3.66. The Bertz CT molecular complexity index is 577. The van der Waals surface area contributed by atoms with Crippen molar-refractivity contribution in [1.82, 2.24) is 9.80 Å². The monoisotopic (exact) mass is 316 g/mol. The molecule has 124 valence electrons. The zero-order valence-corrected chi connectivity index (χ0v) is 13.8. The van der Waals surface area contributed by atoms with Crippen molar-refractivity contribution in [3.63, 3.8) is 0 Å². The van der Waals surface area contributed by atoms with Crippen LogP contribution in [-0.2, 0) is 9.53 Å². The number of rotatable bonds is 3. The van der Waals surface area contributed by atoms with Crippen molar-refractivity contribution >= 4 is 11.9 Å². The van der Waals surface area contributed by atoms with E-state index < -0.39 is 0 Å². The molecule has 2 aliphatic rings. The first-order chi connectivity index (χ1) is 11.0. The Balaban J connectivity index is 1.62. The van der Waals surface area contributed by atoms with Crippen LogP contribution >= 0.6 is 0 Å². The van der Waals surface area contributed by atoms with E-state index in [9.17, 15) is 9.59 Å². The lowest BCUT2D eigenvalue weighted by Crippen LogP contribution is -2.45. The molecular weight excluding hydrogens is 292 g/mol. The van der Waals surface area contributed by atoms with E-state index in [1.54, 1.807) is 0 Å². The summed E-state index contributed by atoms with van der Waals surface area (Å²) in [6.45, 7) is 2.01. The van der Waals surface area contributed by atoms with Gasteiger partial charge in [0.25, 0.3) is 5.91 Å². The summed E-state index contributed by atoms with van der Waals surface area (Å²) in [6.07, 6.45) is 2.16. The second kappa shape index (κ2) is 6.32. The minimum atomic E-state index is -0.381. The number of carbonyl (C=O) groups is 2. The van der Waals surface area contributed by atoms with Crippen molar-refractivity contribution in [3.8, 4) is 0 Å². The van der Waals surface area contributed by atoms with Gasteiger partial charge in [0.2, 0.25) is 0 Å². The minimum Gasteiger partial charge on any atom is -0.461 e. The molecule has 1 spiro atoms. The molecule has 0 bridgehead atoms. The molecule has 2 saturated heterocycles. The average molecular weight is 316 g/mol. The Labute approximate surface area is 137 Å². The van der Waals surface area contributed by atoms with Crippen LogP contribution < -0.4 is 0 Å². The maximum absolute atomic E-state index is 12.5. The maximum atomic E-state index is 12.5. The summed E-state index contributed by atoms with van der Waals surface area (Å²) < 4.78 is 5.56. The fourth-order valence-corrected chi connectivity index (χ4v) is 3.66. The highest BCUT2D eigenvalue weighted by Gasteiger charge is 2.50. The van der Waals surface area contributed by atoms with Gasteiger partial charge in [-0.05, 0) is 39.1 Å². The van der Waals surface area contributed by atoms with Crippen LogP contribution in [0.25, 0.3) is 0 Å². The quantitative estimate of drug-likeness (QED) is 0.798. The summed E-state index contributed by atoms with van der Waals surface area (Å²) in [5.41, 5.74) is 0.330. The second-order valence-electron chi connectivity index (χ2n) is 6.93. The van der Waals surface area contributed by atoms with Crippen LogP contribution in [0.15, 0.2) is 30.3 Å². The molecule has 1 aromatic carbocycles. The molecule has 5 heteroatoms. The van der Waals surface area contributed by atoms with Gasteiger partial charge < -0.3 is 14.5 Å². The number of carbonyl (C=O) groups excluding carboxylic acids is 2. The third-order valence-corrected chi connectivity index (χ3v) is 4.92. The number of likely N-dealkylation sites (tertiary alicyclic amines) is 1. The Hall–Kier alpha value is -1.88. The van der Waals surface area contributed by atoms with Gasteiger partial charge in [-0.2, -0.15) is 0 Å². The van der Waals surface area contributed by atoms with Crippen LogP contribution in [0.1, 0.15) is 29.6 Å². The normalized spacial score (nSPS) is 23.3. The number of likely N-dealkylation sites (N-methyl/N-ethyl adjacent to an activating group) is 1. The topological polar surface area (TPSA) is 49.9 Å². The summed E-state index contributed by atoms with van der Waals surface area (Å²) in [6, 6.07) is 9.33. The number of piperidine rings is 1. The number of benzene rings is 1. The minimum absolute atomic E-state index is 0.0196. The molecule has 2 aliphatic heterocycles. The smallest absolute Gasteiger partial charge is 0.312 e. The lowest BCUT2D eigenvalue weighted by molar-refractivity contribution is -0.150. The molecule has 23 heavy (non-hydrogen) atoms. The van der Waals surface area contributed by atoms with E-state index in [4.69, 9.17) is 4.74 Å². The van der Waals surface area contributed by atoms with Gasteiger partial charge in [-0.25, -0.2) is 0 Å². The van der Waals surface area contributed by atoms with E-state index in [1.807, 2.05) is 54.2 Å². The zero-order valence-electron chi connectivity index (χ0n) is 13.8. The predicted octanol–water partition coefficient (Wildman–Crippen LogP) is 1.79. The highest BCUT2D eigenvalue weighted by atomic mass is 16.6. The van der Waals surface area contributed by atoms with Crippen molar-refractivity contribution < 1.29 is 14.3 Å². The number of hydrogen-bond donors (Lipinski definition) is 0. The van der Waals surface area contributed by atoms with E-state index in [0.717, 1.165) is 13.0 Å². The molecule has 5 nitrogen and oxygen atoms in total. The number of nitrogens with zero attached hydrogens (tertiary/aromatic N) is 2. The van der Waals surface area contributed by atoms with Crippen molar-refractivity contribution in [2.24, 2.45) is 5.41 Å². The van der Waals surface area contributed by atoms with E-state index in [0.29, 0.717) is 31.5 Å². The molecule has 2 heterocycles. The van der Waals surface area contributed by atoms with Crippen LogP contribution in [0.3, 0.4) is 0 Å². The summed E-state index contributed by atoms with van der Waals surface area (Å²) in [5.74, 6) is -0.0205. The van der Waals surface area contributed by atoms with Crippen LogP contribution in [0.5, 0.6) is 0 Å². The Morgan fingerprint density at radius 1 is 1.26 bits per heavy atom. The van der Waals surface area contributed by atoms with Gasteiger partial charge in [0.05, 0.1) is 5.41 Å². The van der Waals surface area contributed by atoms with Crippen LogP contribution in [0.4, 0.5) is 0 Å². The van der Waals surface area contributed by atoms with Crippen molar-refractivity contribution in [2.75, 3.05) is 33.7 Å². The van der Waals surface area contributed by atoms with Crippen molar-refractivity contribution in [3.05, 3.63) is 35.9 Å². The average Bonchev–Trinajstić information content (AvgIpc) is 2.83. The number of amides is 1. The fraction of sp³-hybridized carbons (Fsp3) is 0.556. The number of hydrogen-bond acceptors (Lipinski definition) is 4. The molecular formula is C18H24N2O3. The molecule has 3 rings (SSSR count). The molecule has 1 aromatic rings. The largest absolute Gasteiger partial charge is 0.461 e. The first-order valence-corrected chi connectivity index (χ1v) is 8.20. The Morgan fingerprint density at radius 3 is 2.52 bits per heavy atom. The standard InChI is InChI=1S/C18H24N2O3/c1-19(2)13-15-12-18(17(22)23-15)8-10-20(11-9-18)16(21)14-6-4-3-5-7-14/h3-7,15H,8-13H2,1-2H3. The summed E-state index contributed by atoms with van der Waals surface area (Å²) in [5, 5.41) is 0. The summed E-state index contributed by atoms with van der Waals surface area (Å²) in [7, 11) is 3.97. The highest BCUT2D eigenvalue weighted by Crippen LogP contribution is 2.43. The van der Waals surface area contributed by atoms with E-state index >= 15 is 0 Å². The molecule has 1 amide bonds. The van der Waals surface area contributed by atoms with Crippen LogP contribution in [0, 0.1) is 5.41 Å². The van der Waals surface area contributed by atoms with E-state index in [-0.39, 0.29) is 23.4 Å². The molecule has 1 unspecified atom stereocenters. The van der Waals surface area contributed by atoms with E-state index in [1.165, 1.54) is 0 Å². The van der Waals surface area contributed by atoms with Crippen molar-refractivity contribution in [1.29, 1.82) is 0 Å². The molecule has 0 radical (unpaired) electrons. The molecule has 2 fully saturated rings. The molecule has 0 N–H and O–H groups in total. The highest BCUT2D eigenvalue weighted by molar-refractivity contribution is 5.94. The number of ether oxygens (including phenoxy) is 1. The van der Waals surface area contributed by atoms with Gasteiger partial charge in [-0.3, -0.25) is 9.59 Å². The maximum Gasteiger partial charge on any atom is 0.312 e. The third-order valence-electron chi connectivity index (χ3n) is 4.92. The van der Waals surface area contributed by atoms with E-state index in [2.05, 4.69) is 0 Å². The van der Waals surface area contributed by atoms with Gasteiger partial charge in [0, 0.05) is 31.6 Å². The van der Waals surface area contributed by atoms with Crippen LogP contribution in [0.2, 0.25) is 0 Å². The zero-order chi connectivity index (χ0) is 16.4. The first kappa shape index (κ1) is 16.0. The first-order valence-electron chi connectivity index (χ1n) is 8.20. The predicted molar refractivity (Wildman–Crippen MR) is 87.1 cm³/mol. The second-order valence-corrected chi connectivity index (χ2v) is 6.93. The van der Waals surface area contributed by atoms with Gasteiger partial charge in [0.1, 0.15) is 6.10 Å². The Morgan fingerprint density at radius 2 is 1.91 bits per heavy atom. The van der Waals surface area contributed by atoms with Crippen molar-refractivity contribution in [2.45, 2.75) is 25.4 Å². The molecule has 0 aromatic heterocycles. The number of cyclic esters (lactones) is 1. The lowest BCUT2D eigenvalue weighted by atomic mass is 9.76.